The SMILES string of the molecule is COc1cc2c(cc1OCCCC(=O)Nc1cc(C(=O)Nc3ccc(N)cc3)n(C)c1)NC[C@@H]1CCCCN1C2=O. The van der Waals surface area contributed by atoms with Crippen LogP contribution < -0.4 is 31.2 Å². The summed E-state index contributed by atoms with van der Waals surface area (Å²) in [7, 11) is 3.29. The second-order valence-electron chi connectivity index (χ2n) is 10.4. The van der Waals surface area contributed by atoms with Gasteiger partial charge in [-0.2, -0.15) is 0 Å². The fourth-order valence-electron chi connectivity index (χ4n) is 5.28. The van der Waals surface area contributed by atoms with E-state index in [9.17, 15) is 14.4 Å². The molecule has 1 atom stereocenters. The second kappa shape index (κ2) is 12.2. The average molecular weight is 561 g/mol. The third-order valence-corrected chi connectivity index (χ3v) is 7.45. The summed E-state index contributed by atoms with van der Waals surface area (Å²) in [4.78, 5) is 40.4. The first-order valence-electron chi connectivity index (χ1n) is 13.8. The number of methoxy groups -OCH3 is 1. The lowest BCUT2D eigenvalue weighted by Crippen LogP contribution is -2.45. The predicted octanol–water partition coefficient (Wildman–Crippen LogP) is 4.09. The monoisotopic (exact) mass is 560 g/mol. The highest BCUT2D eigenvalue weighted by molar-refractivity contribution is 6.04. The topological polar surface area (TPSA) is 140 Å². The van der Waals surface area contributed by atoms with Crippen molar-refractivity contribution in [3.8, 4) is 11.5 Å². The number of nitrogens with two attached hydrogens (primary N) is 1. The number of aromatic nitrogens is 1. The number of piperidine rings is 1. The van der Waals surface area contributed by atoms with Crippen LogP contribution in [0.2, 0.25) is 0 Å². The van der Waals surface area contributed by atoms with Crippen molar-refractivity contribution in [2.45, 2.75) is 38.1 Å². The van der Waals surface area contributed by atoms with Gasteiger partial charge in [-0.1, -0.05) is 0 Å². The van der Waals surface area contributed by atoms with Gasteiger partial charge in [0.05, 0.1) is 30.7 Å². The number of aryl methyl sites for hydroxylation is 1. The van der Waals surface area contributed by atoms with Crippen molar-refractivity contribution in [3.05, 3.63) is 59.9 Å². The Labute approximate surface area is 239 Å². The number of nitrogens with one attached hydrogen (secondary N) is 3. The van der Waals surface area contributed by atoms with Crippen molar-refractivity contribution in [1.29, 1.82) is 0 Å². The second-order valence-corrected chi connectivity index (χ2v) is 10.4. The number of ether oxygens (including phenoxy) is 2. The van der Waals surface area contributed by atoms with E-state index in [0.717, 1.165) is 31.5 Å². The highest BCUT2D eigenvalue weighted by Crippen LogP contribution is 2.37. The number of carbonyl (C=O) groups is 3. The molecule has 5 N–H and O–H groups in total. The number of benzene rings is 2. The van der Waals surface area contributed by atoms with Crippen molar-refractivity contribution in [2.75, 3.05) is 48.5 Å². The van der Waals surface area contributed by atoms with Crippen molar-refractivity contribution >= 4 is 40.5 Å². The number of amides is 3. The molecule has 3 heterocycles. The molecule has 11 nitrogen and oxygen atoms in total. The Morgan fingerprint density at radius 2 is 1.88 bits per heavy atom. The molecule has 2 aromatic carbocycles. The molecule has 5 rings (SSSR count). The van der Waals surface area contributed by atoms with Gasteiger partial charge in [-0.25, -0.2) is 0 Å². The van der Waals surface area contributed by atoms with Gasteiger partial charge in [0, 0.05) is 56.2 Å². The van der Waals surface area contributed by atoms with Crippen LogP contribution in [-0.4, -0.2) is 60.0 Å². The quantitative estimate of drug-likeness (QED) is 0.228. The lowest BCUT2D eigenvalue weighted by molar-refractivity contribution is -0.116. The van der Waals surface area contributed by atoms with E-state index in [1.165, 1.54) is 0 Å². The minimum Gasteiger partial charge on any atom is -0.493 e. The van der Waals surface area contributed by atoms with Crippen molar-refractivity contribution in [3.63, 3.8) is 0 Å². The van der Waals surface area contributed by atoms with E-state index in [1.54, 1.807) is 61.3 Å². The van der Waals surface area contributed by atoms with E-state index in [1.807, 2.05) is 11.0 Å². The molecule has 0 aliphatic carbocycles. The van der Waals surface area contributed by atoms with Gasteiger partial charge < -0.3 is 40.6 Å². The Balaban J connectivity index is 1.13. The summed E-state index contributed by atoms with van der Waals surface area (Å²) in [6.07, 6.45) is 5.52. The fourth-order valence-corrected chi connectivity index (χ4v) is 5.28. The highest BCUT2D eigenvalue weighted by atomic mass is 16.5. The number of carbonyl (C=O) groups excluding carboxylic acids is 3. The third kappa shape index (κ3) is 6.40. The molecular weight excluding hydrogens is 524 g/mol. The van der Waals surface area contributed by atoms with Crippen LogP contribution in [0.4, 0.5) is 22.7 Å². The highest BCUT2D eigenvalue weighted by Gasteiger charge is 2.32. The number of fused-ring (bicyclic) bond motifs is 2. The Bertz CT molecular complexity index is 1430. The molecule has 216 valence electrons. The molecule has 41 heavy (non-hydrogen) atoms. The standard InChI is InChI=1S/C30H36N6O5/c1-35-18-21(14-25(35)29(38)34-20-10-8-19(31)9-11-20)33-28(37)7-5-13-41-27-16-24-23(15-26(27)40-2)30(39)36-12-4-3-6-22(36)17-32-24/h8-11,14-16,18,22,32H,3-7,12-13,17,31H2,1-2H3,(H,33,37)(H,34,38)/t22-/m0/s1. The zero-order valence-electron chi connectivity index (χ0n) is 23.4. The Hall–Kier alpha value is -4.67. The first-order valence-corrected chi connectivity index (χ1v) is 13.8. The molecule has 0 spiro atoms. The lowest BCUT2D eigenvalue weighted by Gasteiger charge is -2.34. The molecule has 0 saturated carbocycles. The van der Waals surface area contributed by atoms with Crippen LogP contribution in [0.25, 0.3) is 0 Å². The van der Waals surface area contributed by atoms with E-state index in [0.29, 0.717) is 52.8 Å². The summed E-state index contributed by atoms with van der Waals surface area (Å²) in [5, 5.41) is 9.07. The largest absolute Gasteiger partial charge is 0.493 e. The van der Waals surface area contributed by atoms with Gasteiger partial charge >= 0.3 is 0 Å². The van der Waals surface area contributed by atoms with Gasteiger partial charge in [-0.15, -0.1) is 0 Å². The number of rotatable bonds is 9. The summed E-state index contributed by atoms with van der Waals surface area (Å²) in [5.74, 6) is 0.526. The number of hydrogen-bond acceptors (Lipinski definition) is 7. The number of nitrogens with zero attached hydrogens (tertiary/aromatic N) is 2. The van der Waals surface area contributed by atoms with Crippen molar-refractivity contribution < 1.29 is 23.9 Å². The van der Waals surface area contributed by atoms with Gasteiger partial charge in [-0.05, 0) is 62.1 Å². The van der Waals surface area contributed by atoms with Crippen LogP contribution in [0.5, 0.6) is 11.5 Å². The summed E-state index contributed by atoms with van der Waals surface area (Å²) < 4.78 is 13.2. The van der Waals surface area contributed by atoms with Crippen molar-refractivity contribution in [1.82, 2.24) is 9.47 Å². The Kier molecular flexibility index (Phi) is 8.32. The van der Waals surface area contributed by atoms with Crippen LogP contribution in [0.15, 0.2) is 48.7 Å². The predicted molar refractivity (Wildman–Crippen MR) is 158 cm³/mol. The van der Waals surface area contributed by atoms with Crippen LogP contribution in [0.3, 0.4) is 0 Å². The van der Waals surface area contributed by atoms with Gasteiger partial charge in [-0.3, -0.25) is 14.4 Å². The molecule has 3 amide bonds. The zero-order valence-corrected chi connectivity index (χ0v) is 23.4. The maximum atomic E-state index is 13.2. The van der Waals surface area contributed by atoms with Crippen LogP contribution in [-0.2, 0) is 11.8 Å². The summed E-state index contributed by atoms with van der Waals surface area (Å²) in [5.41, 5.74) is 9.18. The van der Waals surface area contributed by atoms with Gasteiger partial charge in [0.2, 0.25) is 5.91 Å². The number of hydrogen-bond donors (Lipinski definition) is 4. The molecule has 11 heteroatoms. The zero-order chi connectivity index (χ0) is 28.9. The molecular formula is C30H36N6O5. The first kappa shape index (κ1) is 27.9. The van der Waals surface area contributed by atoms with Crippen LogP contribution >= 0.6 is 0 Å². The van der Waals surface area contributed by atoms with E-state index < -0.39 is 0 Å². The number of anilines is 4. The van der Waals surface area contributed by atoms with Gasteiger partial charge in [0.15, 0.2) is 11.5 Å². The molecule has 2 aliphatic rings. The van der Waals surface area contributed by atoms with E-state index in [-0.39, 0.29) is 36.8 Å². The number of nitrogen functional groups attached to an aromatic ring is 1. The van der Waals surface area contributed by atoms with Crippen molar-refractivity contribution in [2.24, 2.45) is 7.05 Å². The molecule has 3 aromatic rings. The van der Waals surface area contributed by atoms with Crippen LogP contribution in [0.1, 0.15) is 53.0 Å². The lowest BCUT2D eigenvalue weighted by atomic mass is 10.0. The van der Waals surface area contributed by atoms with Gasteiger partial charge in [0.1, 0.15) is 5.69 Å². The molecule has 1 fully saturated rings. The van der Waals surface area contributed by atoms with Gasteiger partial charge in [0.25, 0.3) is 11.8 Å². The first-order chi connectivity index (χ1) is 19.8. The molecule has 1 aromatic heterocycles. The summed E-state index contributed by atoms with van der Waals surface area (Å²) >= 11 is 0. The molecule has 0 unspecified atom stereocenters. The Morgan fingerprint density at radius 1 is 1.07 bits per heavy atom. The molecule has 2 aliphatic heterocycles. The van der Waals surface area contributed by atoms with E-state index >= 15 is 0 Å². The summed E-state index contributed by atoms with van der Waals surface area (Å²) in [6.45, 7) is 1.76. The third-order valence-electron chi connectivity index (χ3n) is 7.45. The minimum atomic E-state index is -0.298. The molecule has 1 saturated heterocycles. The minimum absolute atomic E-state index is 0.0167. The average Bonchev–Trinajstić information content (AvgIpc) is 3.27. The van der Waals surface area contributed by atoms with Crippen LogP contribution in [0, 0.1) is 0 Å². The maximum absolute atomic E-state index is 13.2. The summed E-state index contributed by atoms with van der Waals surface area (Å²) in [6, 6.07) is 12.2. The smallest absolute Gasteiger partial charge is 0.272 e. The molecule has 0 bridgehead atoms. The normalized spacial score (nSPS) is 16.1. The van der Waals surface area contributed by atoms with E-state index in [2.05, 4.69) is 16.0 Å². The fraction of sp³-hybridized carbons (Fsp3) is 0.367. The maximum Gasteiger partial charge on any atom is 0.272 e. The van der Waals surface area contributed by atoms with E-state index in [4.69, 9.17) is 15.2 Å². The molecule has 0 radical (unpaired) electrons. The Morgan fingerprint density at radius 3 is 2.66 bits per heavy atom.